The van der Waals surface area contributed by atoms with Crippen LogP contribution in [0.2, 0.25) is 0 Å². The van der Waals surface area contributed by atoms with Gasteiger partial charge in [-0.15, -0.1) is 0 Å². The van der Waals surface area contributed by atoms with Gasteiger partial charge in [-0.1, -0.05) is 31.7 Å². The fourth-order valence-corrected chi connectivity index (χ4v) is 2.98. The lowest BCUT2D eigenvalue weighted by atomic mass is 9.89. The minimum Gasteiger partial charge on any atom is -0.480 e. The van der Waals surface area contributed by atoms with Gasteiger partial charge in [0.05, 0.1) is 4.92 Å². The van der Waals surface area contributed by atoms with Gasteiger partial charge in [-0.25, -0.2) is 4.79 Å². The largest absolute Gasteiger partial charge is 0.480 e. The summed E-state index contributed by atoms with van der Waals surface area (Å²) in [5.41, 5.74) is -0.762. The van der Waals surface area contributed by atoms with E-state index in [1.807, 2.05) is 0 Å². The van der Waals surface area contributed by atoms with E-state index in [2.05, 4.69) is 5.32 Å². The maximum Gasteiger partial charge on any atom is 0.329 e. The molecule has 1 saturated carbocycles. The van der Waals surface area contributed by atoms with Crippen molar-refractivity contribution in [3.05, 3.63) is 39.4 Å². The lowest BCUT2D eigenvalue weighted by molar-refractivity contribution is -0.384. The number of nitrogens with zero attached hydrogens (tertiary/aromatic N) is 1. The number of benzene rings is 1. The van der Waals surface area contributed by atoms with E-state index in [0.29, 0.717) is 18.4 Å². The first-order valence-corrected chi connectivity index (χ1v) is 7.67. The van der Waals surface area contributed by atoms with Crippen molar-refractivity contribution in [2.75, 3.05) is 0 Å². The van der Waals surface area contributed by atoms with Crippen LogP contribution in [-0.2, 0) is 4.79 Å². The average molecular weight is 320 g/mol. The molecule has 124 valence electrons. The van der Waals surface area contributed by atoms with Crippen molar-refractivity contribution in [1.29, 1.82) is 0 Å². The molecule has 1 fully saturated rings. The molecule has 0 saturated heterocycles. The Bertz CT molecular complexity index is 633. The van der Waals surface area contributed by atoms with Crippen LogP contribution in [0.1, 0.15) is 54.4 Å². The molecule has 0 radical (unpaired) electrons. The quantitative estimate of drug-likeness (QED) is 0.503. The van der Waals surface area contributed by atoms with Gasteiger partial charge in [0, 0.05) is 17.7 Å². The number of rotatable bonds is 4. The molecule has 7 nitrogen and oxygen atoms in total. The van der Waals surface area contributed by atoms with E-state index in [1.165, 1.54) is 18.2 Å². The van der Waals surface area contributed by atoms with Gasteiger partial charge in [0.2, 0.25) is 0 Å². The number of carboxylic acid groups (broad SMARTS) is 1. The Morgan fingerprint density at radius 3 is 2.35 bits per heavy atom. The van der Waals surface area contributed by atoms with Crippen LogP contribution in [0.15, 0.2) is 18.2 Å². The molecule has 0 bridgehead atoms. The molecule has 2 rings (SSSR count). The van der Waals surface area contributed by atoms with Gasteiger partial charge < -0.3 is 10.4 Å². The highest BCUT2D eigenvalue weighted by atomic mass is 16.6. The van der Waals surface area contributed by atoms with Crippen LogP contribution in [0.25, 0.3) is 0 Å². The number of nitro benzene ring substituents is 1. The highest BCUT2D eigenvalue weighted by molar-refractivity contribution is 5.99. The minimum absolute atomic E-state index is 0.143. The molecule has 1 aliphatic carbocycles. The Kier molecular flexibility index (Phi) is 4.98. The van der Waals surface area contributed by atoms with Crippen molar-refractivity contribution in [2.24, 2.45) is 0 Å². The minimum atomic E-state index is -1.29. The fraction of sp³-hybridized carbons (Fsp3) is 0.500. The Morgan fingerprint density at radius 2 is 1.83 bits per heavy atom. The van der Waals surface area contributed by atoms with Crippen molar-refractivity contribution >= 4 is 17.6 Å². The number of carbonyl (C=O) groups excluding carboxylic acids is 1. The summed E-state index contributed by atoms with van der Waals surface area (Å²) in [6.45, 7) is 1.67. The number of non-ortho nitro benzene ring substituents is 1. The van der Waals surface area contributed by atoms with Crippen LogP contribution in [-0.4, -0.2) is 27.4 Å². The smallest absolute Gasteiger partial charge is 0.329 e. The Balaban J connectivity index is 2.30. The van der Waals surface area contributed by atoms with Gasteiger partial charge in [0.25, 0.3) is 11.6 Å². The van der Waals surface area contributed by atoms with Gasteiger partial charge in [0.1, 0.15) is 5.54 Å². The first-order valence-electron chi connectivity index (χ1n) is 7.67. The molecule has 2 N–H and O–H groups in total. The number of carboxylic acids is 1. The zero-order valence-electron chi connectivity index (χ0n) is 13.0. The van der Waals surface area contributed by atoms with Crippen molar-refractivity contribution in [3.63, 3.8) is 0 Å². The molecular formula is C16H20N2O5. The number of hydrogen-bond acceptors (Lipinski definition) is 4. The van der Waals surface area contributed by atoms with Crippen molar-refractivity contribution in [3.8, 4) is 0 Å². The molecular weight excluding hydrogens is 300 g/mol. The van der Waals surface area contributed by atoms with Crippen LogP contribution in [0.5, 0.6) is 0 Å². The summed E-state index contributed by atoms with van der Waals surface area (Å²) in [6, 6.07) is 4.01. The molecule has 0 heterocycles. The molecule has 1 amide bonds. The number of nitrogens with one attached hydrogen (secondary N) is 1. The first-order chi connectivity index (χ1) is 10.9. The highest BCUT2D eigenvalue weighted by Gasteiger charge is 2.40. The third-order valence-corrected chi connectivity index (χ3v) is 4.40. The molecule has 0 aliphatic heterocycles. The Hall–Kier alpha value is -2.44. The van der Waals surface area contributed by atoms with E-state index in [-0.39, 0.29) is 11.3 Å². The number of carbonyl (C=O) groups is 2. The Morgan fingerprint density at radius 1 is 1.22 bits per heavy atom. The third-order valence-electron chi connectivity index (χ3n) is 4.40. The number of aliphatic carboxylic acids is 1. The molecule has 0 atom stereocenters. The standard InChI is InChI=1S/C16H20N2O5/c1-11-6-7-12(18(22)23)10-13(11)14(19)17-16(15(20)21)8-4-2-3-5-9-16/h6-7,10H,2-5,8-9H2,1H3,(H,17,19)(H,20,21). The van der Waals surface area contributed by atoms with E-state index in [1.54, 1.807) is 6.92 Å². The van der Waals surface area contributed by atoms with Gasteiger partial charge >= 0.3 is 5.97 Å². The highest BCUT2D eigenvalue weighted by Crippen LogP contribution is 2.28. The van der Waals surface area contributed by atoms with Crippen LogP contribution < -0.4 is 5.32 Å². The molecule has 1 aromatic rings. The predicted molar refractivity (Wildman–Crippen MR) is 83.4 cm³/mol. The number of hydrogen-bond donors (Lipinski definition) is 2. The van der Waals surface area contributed by atoms with E-state index in [9.17, 15) is 24.8 Å². The van der Waals surface area contributed by atoms with Gasteiger partial charge in [-0.05, 0) is 25.3 Å². The molecule has 1 aromatic carbocycles. The lowest BCUT2D eigenvalue weighted by Gasteiger charge is -2.29. The second-order valence-electron chi connectivity index (χ2n) is 6.01. The van der Waals surface area contributed by atoms with Crippen LogP contribution in [0, 0.1) is 17.0 Å². The van der Waals surface area contributed by atoms with Crippen molar-refractivity contribution < 1.29 is 19.6 Å². The second kappa shape index (κ2) is 6.76. The van der Waals surface area contributed by atoms with Crippen molar-refractivity contribution in [2.45, 2.75) is 51.0 Å². The summed E-state index contributed by atoms with van der Waals surface area (Å²) in [4.78, 5) is 34.6. The number of nitro groups is 1. The van der Waals surface area contributed by atoms with Crippen LogP contribution >= 0.6 is 0 Å². The lowest BCUT2D eigenvalue weighted by Crippen LogP contribution is -2.54. The Labute approximate surface area is 133 Å². The second-order valence-corrected chi connectivity index (χ2v) is 6.01. The van der Waals surface area contributed by atoms with E-state index >= 15 is 0 Å². The number of amides is 1. The maximum absolute atomic E-state index is 12.5. The number of aryl methyl sites for hydroxylation is 1. The molecule has 0 aromatic heterocycles. The van der Waals surface area contributed by atoms with Gasteiger partial charge in [0.15, 0.2) is 0 Å². The maximum atomic E-state index is 12.5. The summed E-state index contributed by atoms with van der Waals surface area (Å²) >= 11 is 0. The summed E-state index contributed by atoms with van der Waals surface area (Å²) < 4.78 is 0. The topological polar surface area (TPSA) is 110 Å². The van der Waals surface area contributed by atoms with Crippen LogP contribution in [0.4, 0.5) is 5.69 Å². The van der Waals surface area contributed by atoms with Gasteiger partial charge in [-0.2, -0.15) is 0 Å². The predicted octanol–water partition coefficient (Wildman–Crippen LogP) is 2.81. The van der Waals surface area contributed by atoms with E-state index < -0.39 is 22.3 Å². The summed E-state index contributed by atoms with van der Waals surface area (Å²) in [5.74, 6) is -1.62. The molecule has 1 aliphatic rings. The zero-order chi connectivity index (χ0) is 17.0. The molecule has 23 heavy (non-hydrogen) atoms. The van der Waals surface area contributed by atoms with E-state index in [4.69, 9.17) is 0 Å². The summed E-state index contributed by atoms with van der Waals surface area (Å²) in [5, 5.41) is 23.1. The van der Waals surface area contributed by atoms with Crippen molar-refractivity contribution in [1.82, 2.24) is 5.32 Å². The molecule has 7 heteroatoms. The SMILES string of the molecule is Cc1ccc([N+](=O)[O-])cc1C(=O)NC1(C(=O)O)CCCCCC1. The third kappa shape index (κ3) is 3.67. The molecule has 0 spiro atoms. The van der Waals surface area contributed by atoms with Gasteiger partial charge in [-0.3, -0.25) is 14.9 Å². The zero-order valence-corrected chi connectivity index (χ0v) is 13.0. The van der Waals surface area contributed by atoms with E-state index in [0.717, 1.165) is 25.7 Å². The monoisotopic (exact) mass is 320 g/mol. The first kappa shape index (κ1) is 16.9. The molecule has 0 unspecified atom stereocenters. The summed E-state index contributed by atoms with van der Waals surface area (Å²) in [6.07, 6.45) is 4.12. The van der Waals surface area contributed by atoms with Crippen LogP contribution in [0.3, 0.4) is 0 Å². The summed E-state index contributed by atoms with van der Waals surface area (Å²) in [7, 11) is 0. The fourth-order valence-electron chi connectivity index (χ4n) is 2.98. The normalized spacial score (nSPS) is 17.1. The average Bonchev–Trinajstić information content (AvgIpc) is 2.74.